The first-order valence-electron chi connectivity index (χ1n) is 7.79. The SMILES string of the molecule is Cl.Cn1nc(C(F)(F)F)cc1-c1cc(C#N)cc2c1ncn2CC(F)=CCN. The maximum Gasteiger partial charge on any atom is 0.435 e. The summed E-state index contributed by atoms with van der Waals surface area (Å²) in [4.78, 5) is 4.20. The van der Waals surface area contributed by atoms with Crippen molar-refractivity contribution in [1.29, 1.82) is 5.26 Å². The lowest BCUT2D eigenvalue weighted by Gasteiger charge is -2.07. The van der Waals surface area contributed by atoms with E-state index in [2.05, 4.69) is 10.1 Å². The van der Waals surface area contributed by atoms with Crippen LogP contribution in [0.3, 0.4) is 0 Å². The quantitative estimate of drug-likeness (QED) is 0.661. The molecule has 11 heteroatoms. The van der Waals surface area contributed by atoms with Crippen LogP contribution in [0.1, 0.15) is 11.3 Å². The largest absolute Gasteiger partial charge is 0.435 e. The minimum Gasteiger partial charge on any atom is -0.327 e. The Balaban J connectivity index is 0.00000280. The molecule has 2 aromatic heterocycles. The molecule has 2 N–H and O–H groups in total. The number of nitrogens with two attached hydrogens (primary N) is 1. The molecule has 3 rings (SSSR count). The van der Waals surface area contributed by atoms with Crippen LogP contribution in [0, 0.1) is 11.3 Å². The molecule has 0 aliphatic heterocycles. The highest BCUT2D eigenvalue weighted by Gasteiger charge is 2.35. The standard InChI is InChI=1S/C17H14F4N6.ClH/c1-26-13(6-15(25-26)17(19,20)21)12-4-10(7-23)5-14-16(12)24-9-27(14)8-11(18)2-3-22;/h2,4-6,9H,3,8,22H2,1H3;1H. The van der Waals surface area contributed by atoms with E-state index in [1.165, 1.54) is 36.2 Å². The molecule has 28 heavy (non-hydrogen) atoms. The number of alkyl halides is 3. The number of halogens is 5. The Morgan fingerprint density at radius 1 is 1.32 bits per heavy atom. The summed E-state index contributed by atoms with van der Waals surface area (Å²) < 4.78 is 55.3. The first-order chi connectivity index (χ1) is 12.7. The molecule has 0 saturated carbocycles. The van der Waals surface area contributed by atoms with Gasteiger partial charge in [0.2, 0.25) is 0 Å². The molecule has 0 amide bonds. The van der Waals surface area contributed by atoms with Crippen molar-refractivity contribution in [2.24, 2.45) is 12.8 Å². The minimum absolute atomic E-state index is 0. The normalized spacial score (nSPS) is 12.1. The number of allylic oxidation sites excluding steroid dienone is 1. The topological polar surface area (TPSA) is 85.5 Å². The van der Waals surface area contributed by atoms with Crippen LogP contribution in [-0.2, 0) is 19.8 Å². The second kappa shape index (κ2) is 8.00. The fourth-order valence-corrected chi connectivity index (χ4v) is 2.76. The Hall–Kier alpha value is -2.90. The first-order valence-corrected chi connectivity index (χ1v) is 7.79. The van der Waals surface area contributed by atoms with Crippen molar-refractivity contribution in [3.8, 4) is 17.3 Å². The van der Waals surface area contributed by atoms with Gasteiger partial charge in [-0.25, -0.2) is 9.37 Å². The predicted molar refractivity (Wildman–Crippen MR) is 97.1 cm³/mol. The summed E-state index contributed by atoms with van der Waals surface area (Å²) >= 11 is 0. The van der Waals surface area contributed by atoms with Gasteiger partial charge in [0.25, 0.3) is 0 Å². The molecule has 0 atom stereocenters. The van der Waals surface area contributed by atoms with Gasteiger partial charge in [-0.15, -0.1) is 12.4 Å². The number of fused-ring (bicyclic) bond motifs is 1. The van der Waals surface area contributed by atoms with E-state index < -0.39 is 17.7 Å². The molecule has 2 heterocycles. The van der Waals surface area contributed by atoms with Crippen LogP contribution in [0.2, 0.25) is 0 Å². The van der Waals surface area contributed by atoms with Gasteiger partial charge >= 0.3 is 6.18 Å². The van der Waals surface area contributed by atoms with Gasteiger partial charge in [0.1, 0.15) is 5.83 Å². The van der Waals surface area contributed by atoms with Crippen LogP contribution in [0.15, 0.2) is 36.4 Å². The van der Waals surface area contributed by atoms with Gasteiger partial charge in [-0.05, 0) is 24.3 Å². The number of benzene rings is 1. The van der Waals surface area contributed by atoms with Crippen LogP contribution in [0.25, 0.3) is 22.3 Å². The van der Waals surface area contributed by atoms with E-state index in [1.807, 2.05) is 6.07 Å². The average Bonchev–Trinajstić information content (AvgIpc) is 3.18. The highest BCUT2D eigenvalue weighted by atomic mass is 35.5. The van der Waals surface area contributed by atoms with E-state index in [0.717, 1.165) is 10.7 Å². The lowest BCUT2D eigenvalue weighted by Crippen LogP contribution is -2.06. The van der Waals surface area contributed by atoms with Gasteiger partial charge in [-0.3, -0.25) is 4.68 Å². The van der Waals surface area contributed by atoms with Crippen LogP contribution in [-0.4, -0.2) is 25.9 Å². The molecular formula is C17H15ClF4N6. The fourth-order valence-electron chi connectivity index (χ4n) is 2.76. The second-order valence-corrected chi connectivity index (χ2v) is 5.80. The molecule has 0 fully saturated rings. The average molecular weight is 415 g/mol. The van der Waals surface area contributed by atoms with Crippen LogP contribution >= 0.6 is 12.4 Å². The molecule has 1 aromatic carbocycles. The Kier molecular flexibility index (Phi) is 6.11. The monoisotopic (exact) mass is 414 g/mol. The summed E-state index contributed by atoms with van der Waals surface area (Å²) in [6, 6.07) is 5.79. The van der Waals surface area contributed by atoms with E-state index in [4.69, 9.17) is 5.73 Å². The zero-order valence-corrected chi connectivity index (χ0v) is 15.4. The Bertz CT molecular complexity index is 1070. The van der Waals surface area contributed by atoms with Crippen molar-refractivity contribution in [3.05, 3.63) is 47.7 Å². The number of hydrogen-bond acceptors (Lipinski definition) is 4. The van der Waals surface area contributed by atoms with E-state index in [-0.39, 0.29) is 36.8 Å². The lowest BCUT2D eigenvalue weighted by atomic mass is 10.1. The Morgan fingerprint density at radius 2 is 2.04 bits per heavy atom. The number of nitrogens with zero attached hydrogens (tertiary/aromatic N) is 5. The van der Waals surface area contributed by atoms with E-state index in [9.17, 15) is 22.8 Å². The smallest absolute Gasteiger partial charge is 0.327 e. The summed E-state index contributed by atoms with van der Waals surface area (Å²) in [5, 5.41) is 12.8. The molecule has 148 valence electrons. The summed E-state index contributed by atoms with van der Waals surface area (Å²) in [5.41, 5.74) is 5.65. The molecular weight excluding hydrogens is 400 g/mol. The zero-order chi connectivity index (χ0) is 19.8. The lowest BCUT2D eigenvalue weighted by molar-refractivity contribution is -0.141. The Morgan fingerprint density at radius 3 is 2.61 bits per heavy atom. The van der Waals surface area contributed by atoms with Crippen molar-refractivity contribution < 1.29 is 17.6 Å². The number of hydrogen-bond donors (Lipinski definition) is 1. The second-order valence-electron chi connectivity index (χ2n) is 5.80. The number of imidazole rings is 1. The van der Waals surface area contributed by atoms with Crippen LogP contribution in [0.5, 0.6) is 0 Å². The van der Waals surface area contributed by atoms with Gasteiger partial charge in [0, 0.05) is 19.2 Å². The third kappa shape index (κ3) is 4.00. The third-order valence-electron chi connectivity index (χ3n) is 3.96. The van der Waals surface area contributed by atoms with Gasteiger partial charge in [0.15, 0.2) is 5.69 Å². The summed E-state index contributed by atoms with van der Waals surface area (Å²) in [7, 11) is 1.37. The number of aryl methyl sites for hydroxylation is 1. The van der Waals surface area contributed by atoms with Crippen molar-refractivity contribution in [2.45, 2.75) is 12.7 Å². The summed E-state index contributed by atoms with van der Waals surface area (Å²) in [5.74, 6) is -0.486. The van der Waals surface area contributed by atoms with Crippen molar-refractivity contribution in [3.63, 3.8) is 0 Å². The number of aromatic nitrogens is 4. The molecule has 0 radical (unpaired) electrons. The number of rotatable bonds is 4. The first kappa shape index (κ1) is 21.4. The van der Waals surface area contributed by atoms with Gasteiger partial charge in [0.05, 0.1) is 41.2 Å². The zero-order valence-electron chi connectivity index (χ0n) is 14.5. The highest BCUT2D eigenvalue weighted by Crippen LogP contribution is 2.34. The molecule has 0 aliphatic carbocycles. The molecule has 6 nitrogen and oxygen atoms in total. The Labute approximate surface area is 163 Å². The van der Waals surface area contributed by atoms with Crippen LogP contribution in [0.4, 0.5) is 17.6 Å². The highest BCUT2D eigenvalue weighted by molar-refractivity contribution is 5.92. The van der Waals surface area contributed by atoms with Gasteiger partial charge in [-0.2, -0.15) is 23.5 Å². The molecule has 0 bridgehead atoms. The number of nitriles is 1. The molecule has 0 spiro atoms. The van der Waals surface area contributed by atoms with Crippen molar-refractivity contribution in [1.82, 2.24) is 19.3 Å². The van der Waals surface area contributed by atoms with Crippen LogP contribution < -0.4 is 5.73 Å². The van der Waals surface area contributed by atoms with Gasteiger partial charge < -0.3 is 10.3 Å². The van der Waals surface area contributed by atoms with E-state index in [1.54, 1.807) is 0 Å². The predicted octanol–water partition coefficient (Wildman–Crippen LogP) is 3.56. The van der Waals surface area contributed by atoms with E-state index in [0.29, 0.717) is 16.6 Å². The molecule has 0 aliphatic rings. The van der Waals surface area contributed by atoms with E-state index >= 15 is 0 Å². The third-order valence-corrected chi connectivity index (χ3v) is 3.96. The molecule has 0 saturated heterocycles. The summed E-state index contributed by atoms with van der Waals surface area (Å²) in [6.45, 7) is -0.121. The fraction of sp³-hybridized carbons (Fsp3) is 0.235. The minimum atomic E-state index is -4.60. The van der Waals surface area contributed by atoms with Crippen molar-refractivity contribution in [2.75, 3.05) is 6.54 Å². The molecule has 3 aromatic rings. The maximum atomic E-state index is 13.8. The van der Waals surface area contributed by atoms with Crippen molar-refractivity contribution >= 4 is 23.4 Å². The summed E-state index contributed by atoms with van der Waals surface area (Å²) in [6.07, 6.45) is -2.03. The maximum absolute atomic E-state index is 13.8. The molecule has 0 unspecified atom stereocenters. The van der Waals surface area contributed by atoms with Gasteiger partial charge in [-0.1, -0.05) is 0 Å².